The van der Waals surface area contributed by atoms with E-state index in [1.807, 2.05) is 24.3 Å². The van der Waals surface area contributed by atoms with Gasteiger partial charge in [0.25, 0.3) is 0 Å². The van der Waals surface area contributed by atoms with Gasteiger partial charge in [0.1, 0.15) is 5.75 Å². The third-order valence-electron chi connectivity index (χ3n) is 2.35. The molecule has 86 valence electrons. The smallest absolute Gasteiger partial charge is 0.123 e. The average molecular weight is 238 g/mol. The molecule has 0 atom stereocenters. The van der Waals surface area contributed by atoms with E-state index in [2.05, 4.69) is 17.9 Å². The molecular formula is C13H16ClNO. The van der Waals surface area contributed by atoms with E-state index in [4.69, 9.17) is 16.3 Å². The van der Waals surface area contributed by atoms with Gasteiger partial charge in [0.15, 0.2) is 0 Å². The van der Waals surface area contributed by atoms with E-state index in [0.29, 0.717) is 5.88 Å². The van der Waals surface area contributed by atoms with Crippen molar-refractivity contribution in [3.63, 3.8) is 0 Å². The molecule has 0 spiro atoms. The van der Waals surface area contributed by atoms with Crippen LogP contribution < -0.4 is 10.5 Å². The van der Waals surface area contributed by atoms with Crippen molar-refractivity contribution >= 4 is 22.4 Å². The van der Waals surface area contributed by atoms with Crippen molar-refractivity contribution in [2.75, 3.05) is 14.2 Å². The maximum Gasteiger partial charge on any atom is 0.123 e. The molecule has 0 saturated carbocycles. The first-order valence-electron chi connectivity index (χ1n) is 5.05. The van der Waals surface area contributed by atoms with Crippen LogP contribution in [0.5, 0.6) is 5.75 Å². The minimum atomic E-state index is 0.477. The molecule has 2 aromatic carbocycles. The van der Waals surface area contributed by atoms with Gasteiger partial charge in [-0.2, -0.15) is 0 Å². The first kappa shape index (κ1) is 12.8. The van der Waals surface area contributed by atoms with Gasteiger partial charge in [0.2, 0.25) is 0 Å². The molecule has 0 unspecified atom stereocenters. The van der Waals surface area contributed by atoms with Crippen LogP contribution in [0.4, 0.5) is 0 Å². The molecule has 0 bridgehead atoms. The topological polar surface area (TPSA) is 35.2 Å². The summed E-state index contributed by atoms with van der Waals surface area (Å²) in [5.41, 5.74) is 5.56. The fraction of sp³-hybridized carbons (Fsp3) is 0.231. The second-order valence-corrected chi connectivity index (χ2v) is 3.37. The second kappa shape index (κ2) is 6.36. The van der Waals surface area contributed by atoms with E-state index in [0.717, 1.165) is 11.3 Å². The van der Waals surface area contributed by atoms with E-state index >= 15 is 0 Å². The Labute approximate surface area is 101 Å². The number of alkyl halides is 1. The Kier molecular flexibility index (Phi) is 5.09. The summed E-state index contributed by atoms with van der Waals surface area (Å²) in [6, 6.07) is 12.2. The SMILES string of the molecule is CN.COc1ccc2ccccc2c1CCl. The molecule has 0 amide bonds. The molecular weight excluding hydrogens is 222 g/mol. The zero-order valence-electron chi connectivity index (χ0n) is 9.53. The van der Waals surface area contributed by atoms with Crippen LogP contribution in [0.2, 0.25) is 0 Å². The Morgan fingerprint density at radius 1 is 1.12 bits per heavy atom. The van der Waals surface area contributed by atoms with Crippen LogP contribution in [0, 0.1) is 0 Å². The number of ether oxygens (including phenoxy) is 1. The highest BCUT2D eigenvalue weighted by molar-refractivity contribution is 6.18. The van der Waals surface area contributed by atoms with Gasteiger partial charge in [-0.05, 0) is 23.9 Å². The summed E-state index contributed by atoms with van der Waals surface area (Å²) < 4.78 is 5.26. The second-order valence-electron chi connectivity index (χ2n) is 3.10. The van der Waals surface area contributed by atoms with Crippen LogP contribution in [0.3, 0.4) is 0 Å². The number of halogens is 1. The molecule has 0 aliphatic rings. The van der Waals surface area contributed by atoms with Crippen molar-refractivity contribution in [2.45, 2.75) is 5.88 Å². The monoisotopic (exact) mass is 237 g/mol. The van der Waals surface area contributed by atoms with Crippen LogP contribution >= 0.6 is 11.6 Å². The van der Waals surface area contributed by atoms with Gasteiger partial charge in [0.05, 0.1) is 13.0 Å². The van der Waals surface area contributed by atoms with Gasteiger partial charge in [-0.1, -0.05) is 30.3 Å². The quantitative estimate of drug-likeness (QED) is 0.815. The molecule has 0 aliphatic heterocycles. The van der Waals surface area contributed by atoms with E-state index in [9.17, 15) is 0 Å². The third kappa shape index (κ3) is 2.46. The van der Waals surface area contributed by atoms with E-state index < -0.39 is 0 Å². The third-order valence-corrected chi connectivity index (χ3v) is 2.62. The van der Waals surface area contributed by atoms with Crippen LogP contribution in [0.25, 0.3) is 10.8 Å². The van der Waals surface area contributed by atoms with Gasteiger partial charge in [0, 0.05) is 5.56 Å². The van der Waals surface area contributed by atoms with Crippen molar-refractivity contribution in [1.29, 1.82) is 0 Å². The summed E-state index contributed by atoms with van der Waals surface area (Å²) in [4.78, 5) is 0. The number of methoxy groups -OCH3 is 1. The highest BCUT2D eigenvalue weighted by atomic mass is 35.5. The summed E-state index contributed by atoms with van der Waals surface area (Å²) in [5.74, 6) is 1.34. The summed E-state index contributed by atoms with van der Waals surface area (Å²) in [5, 5.41) is 2.37. The number of hydrogen-bond donors (Lipinski definition) is 1. The van der Waals surface area contributed by atoms with Crippen LogP contribution in [0.15, 0.2) is 36.4 Å². The normalized spacial score (nSPS) is 9.50. The maximum absolute atomic E-state index is 5.91. The van der Waals surface area contributed by atoms with E-state index in [1.54, 1.807) is 7.11 Å². The van der Waals surface area contributed by atoms with Crippen molar-refractivity contribution in [3.8, 4) is 5.75 Å². The summed E-state index contributed by atoms with van der Waals surface area (Å²) >= 11 is 5.91. The minimum absolute atomic E-state index is 0.477. The number of hydrogen-bond acceptors (Lipinski definition) is 2. The standard InChI is InChI=1S/C12H11ClO.CH5N/c1-14-12-7-6-9-4-2-3-5-10(9)11(12)8-13;1-2/h2-7H,8H2,1H3;2H2,1H3. The molecule has 16 heavy (non-hydrogen) atoms. The maximum atomic E-state index is 5.91. The lowest BCUT2D eigenvalue weighted by Crippen LogP contribution is -1.90. The van der Waals surface area contributed by atoms with Gasteiger partial charge >= 0.3 is 0 Å². The fourth-order valence-corrected chi connectivity index (χ4v) is 1.92. The molecule has 2 nitrogen and oxygen atoms in total. The predicted molar refractivity (Wildman–Crippen MR) is 70.2 cm³/mol. The van der Waals surface area contributed by atoms with E-state index in [-0.39, 0.29) is 0 Å². The molecule has 2 rings (SSSR count). The van der Waals surface area contributed by atoms with Gasteiger partial charge in [-0.3, -0.25) is 0 Å². The molecule has 0 saturated heterocycles. The lowest BCUT2D eigenvalue weighted by Gasteiger charge is -2.09. The van der Waals surface area contributed by atoms with Crippen LogP contribution in [0.1, 0.15) is 5.56 Å². The Hall–Kier alpha value is -1.25. The Bertz CT molecular complexity index is 457. The first-order valence-corrected chi connectivity index (χ1v) is 5.58. The van der Waals surface area contributed by atoms with Gasteiger partial charge in [-0.25, -0.2) is 0 Å². The van der Waals surface area contributed by atoms with Crippen molar-refractivity contribution < 1.29 is 4.74 Å². The summed E-state index contributed by atoms with van der Waals surface area (Å²) in [6.45, 7) is 0. The molecule has 2 aromatic rings. The molecule has 0 radical (unpaired) electrons. The Morgan fingerprint density at radius 2 is 1.81 bits per heavy atom. The molecule has 0 aliphatic carbocycles. The van der Waals surface area contributed by atoms with Crippen molar-refractivity contribution in [1.82, 2.24) is 0 Å². The number of fused-ring (bicyclic) bond motifs is 1. The number of benzene rings is 2. The number of nitrogens with two attached hydrogens (primary N) is 1. The Balaban J connectivity index is 0.000000606. The first-order chi connectivity index (χ1) is 7.86. The summed E-state index contributed by atoms with van der Waals surface area (Å²) in [6.07, 6.45) is 0. The van der Waals surface area contributed by atoms with Crippen LogP contribution in [-0.4, -0.2) is 14.2 Å². The lowest BCUT2D eigenvalue weighted by atomic mass is 10.0. The molecule has 2 N–H and O–H groups in total. The van der Waals surface area contributed by atoms with Crippen molar-refractivity contribution in [3.05, 3.63) is 42.0 Å². The van der Waals surface area contributed by atoms with Crippen LogP contribution in [-0.2, 0) is 5.88 Å². The largest absolute Gasteiger partial charge is 0.496 e. The predicted octanol–water partition coefficient (Wildman–Crippen LogP) is 3.16. The minimum Gasteiger partial charge on any atom is -0.496 e. The van der Waals surface area contributed by atoms with E-state index in [1.165, 1.54) is 17.8 Å². The molecule has 3 heteroatoms. The molecule has 0 aromatic heterocycles. The zero-order chi connectivity index (χ0) is 12.0. The zero-order valence-corrected chi connectivity index (χ0v) is 10.3. The van der Waals surface area contributed by atoms with Gasteiger partial charge in [-0.15, -0.1) is 11.6 Å². The highest BCUT2D eigenvalue weighted by Crippen LogP contribution is 2.28. The highest BCUT2D eigenvalue weighted by Gasteiger charge is 2.05. The number of rotatable bonds is 2. The van der Waals surface area contributed by atoms with Gasteiger partial charge < -0.3 is 10.5 Å². The summed E-state index contributed by atoms with van der Waals surface area (Å²) in [7, 11) is 3.17. The fourth-order valence-electron chi connectivity index (χ4n) is 1.65. The Morgan fingerprint density at radius 3 is 2.44 bits per heavy atom. The molecule has 0 heterocycles. The average Bonchev–Trinajstić information content (AvgIpc) is 2.39. The lowest BCUT2D eigenvalue weighted by molar-refractivity contribution is 0.412. The molecule has 0 fully saturated rings. The van der Waals surface area contributed by atoms with Crippen molar-refractivity contribution in [2.24, 2.45) is 5.73 Å².